The fourth-order valence-electron chi connectivity index (χ4n) is 1.95. The molecule has 106 valence electrons. The third-order valence-corrected chi connectivity index (χ3v) is 3.22. The van der Waals surface area contributed by atoms with Crippen LogP contribution in [-0.2, 0) is 0 Å². The van der Waals surface area contributed by atoms with Crippen molar-refractivity contribution in [3.05, 3.63) is 23.8 Å². The Labute approximate surface area is 115 Å². The molecule has 1 aromatic rings. The summed E-state index contributed by atoms with van der Waals surface area (Å²) in [5.41, 5.74) is 13.1. The number of anilines is 2. The first-order chi connectivity index (χ1) is 9.11. The van der Waals surface area contributed by atoms with E-state index >= 15 is 0 Å². The highest BCUT2D eigenvalue weighted by Crippen LogP contribution is 2.21. The number of carbonyl (C=O) groups excluding carboxylic acids is 1. The molecule has 1 aromatic carbocycles. The molecule has 0 radical (unpaired) electrons. The van der Waals surface area contributed by atoms with Crippen molar-refractivity contribution in [3.8, 4) is 0 Å². The van der Waals surface area contributed by atoms with Gasteiger partial charge in [0.15, 0.2) is 0 Å². The Kier molecular flexibility index (Phi) is 6.19. The third kappa shape index (κ3) is 4.16. The van der Waals surface area contributed by atoms with Crippen molar-refractivity contribution in [1.29, 1.82) is 0 Å². The van der Waals surface area contributed by atoms with Crippen molar-refractivity contribution in [3.63, 3.8) is 0 Å². The molecule has 0 aliphatic heterocycles. The number of hydrogen-bond acceptors (Lipinski definition) is 3. The van der Waals surface area contributed by atoms with Gasteiger partial charge >= 0.3 is 0 Å². The maximum absolute atomic E-state index is 12.5. The van der Waals surface area contributed by atoms with Crippen molar-refractivity contribution in [2.45, 2.75) is 39.5 Å². The zero-order valence-electron chi connectivity index (χ0n) is 12.0. The first kappa shape index (κ1) is 15.3. The van der Waals surface area contributed by atoms with Gasteiger partial charge in [-0.15, -0.1) is 0 Å². The second-order valence-corrected chi connectivity index (χ2v) is 4.81. The number of amides is 1. The zero-order valence-corrected chi connectivity index (χ0v) is 12.0. The Morgan fingerprint density at radius 3 is 2.21 bits per heavy atom. The van der Waals surface area contributed by atoms with Crippen LogP contribution in [0.15, 0.2) is 18.2 Å². The molecule has 0 saturated carbocycles. The molecule has 0 atom stereocenters. The van der Waals surface area contributed by atoms with E-state index in [2.05, 4.69) is 13.8 Å². The second kappa shape index (κ2) is 7.67. The van der Waals surface area contributed by atoms with E-state index in [9.17, 15) is 4.79 Å². The number of para-hydroxylation sites is 1. The lowest BCUT2D eigenvalue weighted by Gasteiger charge is -2.23. The lowest BCUT2D eigenvalue weighted by atomic mass is 10.1. The van der Waals surface area contributed by atoms with Crippen molar-refractivity contribution in [1.82, 2.24) is 4.90 Å². The van der Waals surface area contributed by atoms with Crippen molar-refractivity contribution < 1.29 is 4.79 Å². The number of hydrogen-bond donors (Lipinski definition) is 2. The van der Waals surface area contributed by atoms with Crippen molar-refractivity contribution in [2.24, 2.45) is 0 Å². The molecule has 1 amide bonds. The summed E-state index contributed by atoms with van der Waals surface area (Å²) in [6.07, 6.45) is 4.17. The molecule has 0 spiro atoms. The number of rotatable bonds is 7. The summed E-state index contributed by atoms with van der Waals surface area (Å²) in [5.74, 6) is -0.00769. The molecular weight excluding hydrogens is 238 g/mol. The van der Waals surface area contributed by atoms with Crippen LogP contribution < -0.4 is 11.5 Å². The first-order valence-electron chi connectivity index (χ1n) is 7.05. The molecule has 4 heteroatoms. The van der Waals surface area contributed by atoms with Gasteiger partial charge in [-0.2, -0.15) is 0 Å². The fourth-order valence-corrected chi connectivity index (χ4v) is 1.95. The average molecular weight is 263 g/mol. The quantitative estimate of drug-likeness (QED) is 0.743. The van der Waals surface area contributed by atoms with E-state index in [0.717, 1.165) is 38.8 Å². The van der Waals surface area contributed by atoms with Crippen LogP contribution in [-0.4, -0.2) is 23.9 Å². The van der Waals surface area contributed by atoms with Gasteiger partial charge in [0.25, 0.3) is 5.91 Å². The van der Waals surface area contributed by atoms with E-state index in [-0.39, 0.29) is 5.91 Å². The molecule has 19 heavy (non-hydrogen) atoms. The topological polar surface area (TPSA) is 72.3 Å². The minimum Gasteiger partial charge on any atom is -0.397 e. The predicted octanol–water partition coefficient (Wildman–Crippen LogP) is 2.89. The van der Waals surface area contributed by atoms with Crippen LogP contribution >= 0.6 is 0 Å². The minimum absolute atomic E-state index is 0.00769. The summed E-state index contributed by atoms with van der Waals surface area (Å²) in [6.45, 7) is 5.81. The summed E-state index contributed by atoms with van der Waals surface area (Å²) in [6, 6.07) is 5.24. The highest BCUT2D eigenvalue weighted by molar-refractivity contribution is 6.01. The van der Waals surface area contributed by atoms with E-state index in [0.29, 0.717) is 16.9 Å². The van der Waals surface area contributed by atoms with Gasteiger partial charge in [-0.3, -0.25) is 4.79 Å². The third-order valence-electron chi connectivity index (χ3n) is 3.22. The second-order valence-electron chi connectivity index (χ2n) is 4.81. The van der Waals surface area contributed by atoms with Crippen molar-refractivity contribution in [2.75, 3.05) is 24.6 Å². The van der Waals surface area contributed by atoms with Crippen LogP contribution in [0.4, 0.5) is 11.4 Å². The van der Waals surface area contributed by atoms with Gasteiger partial charge in [-0.25, -0.2) is 0 Å². The van der Waals surface area contributed by atoms with Gasteiger partial charge in [-0.1, -0.05) is 32.8 Å². The number of carbonyl (C=O) groups is 1. The maximum atomic E-state index is 12.5. The molecule has 0 heterocycles. The Morgan fingerprint density at radius 1 is 1.11 bits per heavy atom. The molecule has 0 bridgehead atoms. The van der Waals surface area contributed by atoms with Crippen LogP contribution in [0.1, 0.15) is 49.9 Å². The highest BCUT2D eigenvalue weighted by atomic mass is 16.2. The molecule has 0 fully saturated rings. The Balaban J connectivity index is 2.87. The van der Waals surface area contributed by atoms with E-state index in [1.807, 2.05) is 4.90 Å². The van der Waals surface area contributed by atoms with Gasteiger partial charge in [0, 0.05) is 13.1 Å². The van der Waals surface area contributed by atoms with Gasteiger partial charge in [0.05, 0.1) is 16.9 Å². The van der Waals surface area contributed by atoms with Gasteiger partial charge < -0.3 is 16.4 Å². The predicted molar refractivity (Wildman–Crippen MR) is 81.0 cm³/mol. The molecule has 4 nitrogen and oxygen atoms in total. The van der Waals surface area contributed by atoms with Crippen LogP contribution in [0.5, 0.6) is 0 Å². The van der Waals surface area contributed by atoms with Crippen LogP contribution in [0.2, 0.25) is 0 Å². The number of nitrogen functional groups attached to an aromatic ring is 2. The summed E-state index contributed by atoms with van der Waals surface area (Å²) in [4.78, 5) is 14.4. The average Bonchev–Trinajstić information content (AvgIpc) is 2.41. The Hall–Kier alpha value is -1.71. The summed E-state index contributed by atoms with van der Waals surface area (Å²) < 4.78 is 0. The standard InChI is InChI=1S/C15H25N3O/c1-3-5-10-18(11-6-4-2)15(19)12-8-7-9-13(16)14(12)17/h7-9H,3-6,10-11,16-17H2,1-2H3. The lowest BCUT2D eigenvalue weighted by Crippen LogP contribution is -2.33. The van der Waals surface area contributed by atoms with E-state index < -0.39 is 0 Å². The molecule has 0 unspecified atom stereocenters. The largest absolute Gasteiger partial charge is 0.397 e. The smallest absolute Gasteiger partial charge is 0.256 e. The molecule has 4 N–H and O–H groups in total. The molecule has 0 aliphatic rings. The number of benzene rings is 1. The number of nitrogens with zero attached hydrogens (tertiary/aromatic N) is 1. The highest BCUT2D eigenvalue weighted by Gasteiger charge is 2.18. The lowest BCUT2D eigenvalue weighted by molar-refractivity contribution is 0.0752. The van der Waals surface area contributed by atoms with E-state index in [4.69, 9.17) is 11.5 Å². The monoisotopic (exact) mass is 263 g/mol. The summed E-state index contributed by atoms with van der Waals surface area (Å²) in [5, 5.41) is 0. The molecule has 1 rings (SSSR count). The number of nitrogens with two attached hydrogens (primary N) is 2. The zero-order chi connectivity index (χ0) is 14.3. The van der Waals surface area contributed by atoms with Gasteiger partial charge in [0.2, 0.25) is 0 Å². The summed E-state index contributed by atoms with van der Waals surface area (Å²) in [7, 11) is 0. The SMILES string of the molecule is CCCCN(CCCC)C(=O)c1cccc(N)c1N. The van der Waals surface area contributed by atoms with Crippen LogP contribution in [0, 0.1) is 0 Å². The maximum Gasteiger partial charge on any atom is 0.256 e. The van der Waals surface area contributed by atoms with E-state index in [1.54, 1.807) is 18.2 Å². The first-order valence-corrected chi connectivity index (χ1v) is 7.05. The van der Waals surface area contributed by atoms with Gasteiger partial charge in [-0.05, 0) is 25.0 Å². The van der Waals surface area contributed by atoms with Crippen LogP contribution in [0.3, 0.4) is 0 Å². The Bertz CT molecular complexity index is 410. The number of unbranched alkanes of at least 4 members (excludes halogenated alkanes) is 2. The van der Waals surface area contributed by atoms with E-state index in [1.165, 1.54) is 0 Å². The molecule has 0 aromatic heterocycles. The Morgan fingerprint density at radius 2 is 1.68 bits per heavy atom. The normalized spacial score (nSPS) is 10.4. The summed E-state index contributed by atoms with van der Waals surface area (Å²) >= 11 is 0. The van der Waals surface area contributed by atoms with Gasteiger partial charge in [0.1, 0.15) is 0 Å². The molecule has 0 aliphatic carbocycles. The molecule has 0 saturated heterocycles. The van der Waals surface area contributed by atoms with Crippen molar-refractivity contribution >= 4 is 17.3 Å². The minimum atomic E-state index is -0.00769. The van der Waals surface area contributed by atoms with Crippen LogP contribution in [0.25, 0.3) is 0 Å². The molecular formula is C15H25N3O. The fraction of sp³-hybridized carbons (Fsp3) is 0.533.